The molecule has 1 atom stereocenters. The van der Waals surface area contributed by atoms with Crippen LogP contribution in [0.4, 0.5) is 11.8 Å². The summed E-state index contributed by atoms with van der Waals surface area (Å²) in [6.45, 7) is 4.53. The predicted molar refractivity (Wildman–Crippen MR) is 66.8 cm³/mol. The zero-order chi connectivity index (χ0) is 11.4. The first-order valence-electron chi connectivity index (χ1n) is 6.09. The van der Waals surface area contributed by atoms with Crippen LogP contribution in [0.25, 0.3) is 0 Å². The molecule has 1 unspecified atom stereocenters. The van der Waals surface area contributed by atoms with Crippen LogP contribution in [0, 0.1) is 5.92 Å². The van der Waals surface area contributed by atoms with Crippen molar-refractivity contribution >= 4 is 11.8 Å². The summed E-state index contributed by atoms with van der Waals surface area (Å²) in [4.78, 5) is 11.0. The summed E-state index contributed by atoms with van der Waals surface area (Å²) in [7, 11) is 1.85. The average molecular weight is 220 g/mol. The largest absolute Gasteiger partial charge is 0.357 e. The van der Waals surface area contributed by atoms with Crippen molar-refractivity contribution in [3.8, 4) is 0 Å². The number of anilines is 2. The maximum Gasteiger partial charge on any atom is 0.224 e. The molecular weight excluding hydrogens is 200 g/mol. The van der Waals surface area contributed by atoms with Gasteiger partial charge in [-0.3, -0.25) is 0 Å². The highest BCUT2D eigenvalue weighted by Crippen LogP contribution is 2.25. The van der Waals surface area contributed by atoms with Gasteiger partial charge in [0.05, 0.1) is 0 Å². The average Bonchev–Trinajstić information content (AvgIpc) is 2.78. The van der Waals surface area contributed by atoms with Crippen molar-refractivity contribution < 1.29 is 0 Å². The van der Waals surface area contributed by atoms with Crippen molar-refractivity contribution in [2.45, 2.75) is 26.2 Å². The number of aromatic nitrogens is 2. The van der Waals surface area contributed by atoms with Crippen LogP contribution >= 0.6 is 0 Å². The molecule has 1 aliphatic heterocycles. The lowest BCUT2D eigenvalue weighted by Crippen LogP contribution is -2.21. The van der Waals surface area contributed by atoms with Gasteiger partial charge < -0.3 is 10.2 Å². The van der Waals surface area contributed by atoms with Crippen LogP contribution < -0.4 is 10.2 Å². The van der Waals surface area contributed by atoms with Crippen LogP contribution in [0.3, 0.4) is 0 Å². The van der Waals surface area contributed by atoms with Gasteiger partial charge in [0, 0.05) is 26.3 Å². The highest BCUT2D eigenvalue weighted by atomic mass is 15.2. The van der Waals surface area contributed by atoms with Gasteiger partial charge in [-0.05, 0) is 24.8 Å². The molecule has 0 bridgehead atoms. The molecule has 1 N–H and O–H groups in total. The van der Waals surface area contributed by atoms with Crippen molar-refractivity contribution in [1.82, 2.24) is 9.97 Å². The van der Waals surface area contributed by atoms with Crippen LogP contribution in [0.1, 0.15) is 26.2 Å². The van der Waals surface area contributed by atoms with Gasteiger partial charge in [-0.15, -0.1) is 0 Å². The molecule has 1 aromatic rings. The summed E-state index contributed by atoms with van der Waals surface area (Å²) in [5.74, 6) is 2.60. The summed E-state index contributed by atoms with van der Waals surface area (Å²) < 4.78 is 0. The third-order valence-electron chi connectivity index (χ3n) is 3.17. The molecule has 0 spiro atoms. The van der Waals surface area contributed by atoms with Crippen LogP contribution in [0.15, 0.2) is 12.3 Å². The third-order valence-corrected chi connectivity index (χ3v) is 3.17. The first-order valence-corrected chi connectivity index (χ1v) is 6.09. The minimum atomic E-state index is 0.705. The maximum atomic E-state index is 4.47. The van der Waals surface area contributed by atoms with Gasteiger partial charge in [-0.2, -0.15) is 4.98 Å². The van der Waals surface area contributed by atoms with E-state index in [1.165, 1.54) is 19.3 Å². The van der Waals surface area contributed by atoms with Crippen molar-refractivity contribution in [3.63, 3.8) is 0 Å². The molecule has 1 aromatic heterocycles. The summed E-state index contributed by atoms with van der Waals surface area (Å²) >= 11 is 0. The van der Waals surface area contributed by atoms with Crippen molar-refractivity contribution in [2.75, 3.05) is 30.4 Å². The molecule has 4 nitrogen and oxygen atoms in total. The lowest BCUT2D eigenvalue weighted by atomic mass is 10.0. The first kappa shape index (κ1) is 11.2. The van der Waals surface area contributed by atoms with E-state index in [0.29, 0.717) is 5.95 Å². The SMILES string of the molecule is CCCC1CCN(c2ccnc(NC)n2)C1. The number of hydrogen-bond donors (Lipinski definition) is 1. The lowest BCUT2D eigenvalue weighted by molar-refractivity contribution is 0.529. The molecule has 1 fully saturated rings. The topological polar surface area (TPSA) is 41.1 Å². The van der Waals surface area contributed by atoms with Gasteiger partial charge in [0.25, 0.3) is 0 Å². The summed E-state index contributed by atoms with van der Waals surface area (Å²) in [5.41, 5.74) is 0. The van der Waals surface area contributed by atoms with Gasteiger partial charge >= 0.3 is 0 Å². The number of hydrogen-bond acceptors (Lipinski definition) is 4. The van der Waals surface area contributed by atoms with Gasteiger partial charge in [-0.25, -0.2) is 4.98 Å². The number of nitrogens with zero attached hydrogens (tertiary/aromatic N) is 3. The van der Waals surface area contributed by atoms with E-state index in [9.17, 15) is 0 Å². The fourth-order valence-electron chi connectivity index (χ4n) is 2.33. The maximum absolute atomic E-state index is 4.47. The van der Waals surface area contributed by atoms with Gasteiger partial charge in [0.15, 0.2) is 0 Å². The molecule has 0 amide bonds. The van der Waals surface area contributed by atoms with Crippen LogP contribution in [0.5, 0.6) is 0 Å². The molecule has 2 rings (SSSR count). The molecule has 0 aromatic carbocycles. The molecule has 88 valence electrons. The van der Waals surface area contributed by atoms with Crippen LogP contribution in [-0.2, 0) is 0 Å². The molecule has 0 saturated carbocycles. The monoisotopic (exact) mass is 220 g/mol. The summed E-state index contributed by atoms with van der Waals surface area (Å²) in [6, 6.07) is 2.00. The van der Waals surface area contributed by atoms with Crippen LogP contribution in [0.2, 0.25) is 0 Å². The normalized spacial score (nSPS) is 20.1. The minimum absolute atomic E-state index is 0.705. The third kappa shape index (κ3) is 2.43. The molecule has 0 aliphatic carbocycles. The van der Waals surface area contributed by atoms with E-state index in [1.54, 1.807) is 0 Å². The van der Waals surface area contributed by atoms with E-state index in [4.69, 9.17) is 0 Å². The van der Waals surface area contributed by atoms with Gasteiger partial charge in [-0.1, -0.05) is 13.3 Å². The van der Waals surface area contributed by atoms with E-state index < -0.39 is 0 Å². The summed E-state index contributed by atoms with van der Waals surface area (Å²) in [6.07, 6.45) is 5.73. The molecule has 1 saturated heterocycles. The number of rotatable bonds is 4. The molecule has 16 heavy (non-hydrogen) atoms. The Kier molecular flexibility index (Phi) is 3.59. The highest BCUT2D eigenvalue weighted by Gasteiger charge is 2.22. The Labute approximate surface area is 97.1 Å². The zero-order valence-corrected chi connectivity index (χ0v) is 10.1. The smallest absolute Gasteiger partial charge is 0.224 e. The van der Waals surface area contributed by atoms with E-state index in [1.807, 2.05) is 19.3 Å². The van der Waals surface area contributed by atoms with E-state index in [2.05, 4.69) is 27.1 Å². The molecule has 0 radical (unpaired) electrons. The molecule has 1 aliphatic rings. The molecular formula is C12H20N4. The zero-order valence-electron chi connectivity index (χ0n) is 10.1. The summed E-state index contributed by atoms with van der Waals surface area (Å²) in [5, 5.41) is 2.98. The minimum Gasteiger partial charge on any atom is -0.357 e. The molecule has 4 heteroatoms. The van der Waals surface area contributed by atoms with Crippen molar-refractivity contribution in [1.29, 1.82) is 0 Å². The Morgan fingerprint density at radius 2 is 2.44 bits per heavy atom. The Hall–Kier alpha value is -1.32. The van der Waals surface area contributed by atoms with Crippen LogP contribution in [-0.4, -0.2) is 30.1 Å². The Morgan fingerprint density at radius 1 is 1.56 bits per heavy atom. The Bertz CT molecular complexity index is 340. The second kappa shape index (κ2) is 5.14. The van der Waals surface area contributed by atoms with Crippen molar-refractivity contribution in [3.05, 3.63) is 12.3 Å². The Morgan fingerprint density at radius 3 is 3.19 bits per heavy atom. The lowest BCUT2D eigenvalue weighted by Gasteiger charge is -2.17. The second-order valence-electron chi connectivity index (χ2n) is 4.38. The number of nitrogens with one attached hydrogen (secondary N) is 1. The van der Waals surface area contributed by atoms with E-state index >= 15 is 0 Å². The van der Waals surface area contributed by atoms with E-state index in [0.717, 1.165) is 24.8 Å². The standard InChI is InChI=1S/C12H20N4/c1-3-4-10-6-8-16(9-10)11-5-7-14-12(13-2)15-11/h5,7,10H,3-4,6,8-9H2,1-2H3,(H,13,14,15). The predicted octanol–water partition coefficient (Wildman–Crippen LogP) is 2.14. The van der Waals surface area contributed by atoms with Gasteiger partial charge in [0.2, 0.25) is 5.95 Å². The fraction of sp³-hybridized carbons (Fsp3) is 0.667. The quantitative estimate of drug-likeness (QED) is 0.844. The molecule has 2 heterocycles. The highest BCUT2D eigenvalue weighted by molar-refractivity contribution is 5.43. The Balaban J connectivity index is 2.02. The second-order valence-corrected chi connectivity index (χ2v) is 4.38. The van der Waals surface area contributed by atoms with Gasteiger partial charge in [0.1, 0.15) is 5.82 Å². The van der Waals surface area contributed by atoms with E-state index in [-0.39, 0.29) is 0 Å². The first-order chi connectivity index (χ1) is 7.83. The fourth-order valence-corrected chi connectivity index (χ4v) is 2.33. The van der Waals surface area contributed by atoms with Crippen molar-refractivity contribution in [2.24, 2.45) is 5.92 Å².